The highest BCUT2D eigenvalue weighted by atomic mass is 19.1. The van der Waals surface area contributed by atoms with E-state index >= 15 is 0 Å². The molecule has 1 rings (SSSR count). The normalized spacial score (nSPS) is 27.9. The van der Waals surface area contributed by atoms with Crippen molar-refractivity contribution >= 4 is 0 Å². The second kappa shape index (κ2) is 5.66. The van der Waals surface area contributed by atoms with Crippen LogP contribution in [0.4, 0.5) is 4.39 Å². The van der Waals surface area contributed by atoms with Gasteiger partial charge in [0, 0.05) is 12.6 Å². The molecule has 1 N–H and O–H groups in total. The second-order valence-electron chi connectivity index (χ2n) is 4.81. The first-order valence-electron chi connectivity index (χ1n) is 5.65. The lowest BCUT2D eigenvalue weighted by molar-refractivity contribution is 0.242. The first-order valence-corrected chi connectivity index (χ1v) is 5.65. The summed E-state index contributed by atoms with van der Waals surface area (Å²) in [6, 6.07) is 0.101. The lowest BCUT2D eigenvalue weighted by Gasteiger charge is -2.21. The lowest BCUT2D eigenvalue weighted by atomic mass is 10.1. The predicted molar refractivity (Wildman–Crippen MR) is 58.3 cm³/mol. The van der Waals surface area contributed by atoms with E-state index in [1.807, 2.05) is 0 Å². The molecule has 2 unspecified atom stereocenters. The van der Waals surface area contributed by atoms with Gasteiger partial charge in [-0.05, 0) is 38.9 Å². The van der Waals surface area contributed by atoms with Crippen LogP contribution in [0.2, 0.25) is 0 Å². The van der Waals surface area contributed by atoms with Gasteiger partial charge in [0.2, 0.25) is 0 Å². The molecule has 1 heterocycles. The third-order valence-electron chi connectivity index (χ3n) is 2.76. The highest BCUT2D eigenvalue weighted by Crippen LogP contribution is 2.14. The van der Waals surface area contributed by atoms with E-state index in [9.17, 15) is 4.39 Å². The number of hydrogen-bond donors (Lipinski definition) is 1. The number of alkyl halides is 1. The lowest BCUT2D eigenvalue weighted by Crippen LogP contribution is -2.34. The topological polar surface area (TPSA) is 15.3 Å². The fourth-order valence-corrected chi connectivity index (χ4v) is 2.09. The van der Waals surface area contributed by atoms with Gasteiger partial charge in [0.15, 0.2) is 0 Å². The van der Waals surface area contributed by atoms with Crippen LogP contribution < -0.4 is 5.32 Å². The molecule has 0 aromatic rings. The maximum absolute atomic E-state index is 13.2. The Balaban J connectivity index is 2.13. The van der Waals surface area contributed by atoms with Gasteiger partial charge in [0.25, 0.3) is 0 Å². The third kappa shape index (κ3) is 3.93. The Bertz CT molecular complexity index is 161. The molecule has 0 aromatic heterocycles. The maximum atomic E-state index is 13.2. The number of hydrogen-bond acceptors (Lipinski definition) is 2. The summed E-state index contributed by atoms with van der Waals surface area (Å²) in [6.07, 6.45) is 1.01. The minimum absolute atomic E-state index is 0.101. The van der Waals surface area contributed by atoms with E-state index in [1.165, 1.54) is 0 Å². The molecule has 1 aliphatic rings. The minimum Gasteiger partial charge on any atom is -0.311 e. The molecule has 0 saturated carbocycles. The van der Waals surface area contributed by atoms with Crippen molar-refractivity contribution < 1.29 is 4.39 Å². The Hall–Kier alpha value is -0.150. The summed E-state index contributed by atoms with van der Waals surface area (Å²) < 4.78 is 13.2. The Morgan fingerprint density at radius 3 is 2.71 bits per heavy atom. The van der Waals surface area contributed by atoms with Crippen LogP contribution in [0.25, 0.3) is 0 Å². The van der Waals surface area contributed by atoms with Gasteiger partial charge < -0.3 is 10.2 Å². The smallest absolute Gasteiger partial charge is 0.117 e. The van der Waals surface area contributed by atoms with Crippen molar-refractivity contribution in [3.63, 3.8) is 0 Å². The average Bonchev–Trinajstić information content (AvgIpc) is 2.46. The fourth-order valence-electron chi connectivity index (χ4n) is 2.09. The van der Waals surface area contributed by atoms with E-state index in [0.29, 0.717) is 12.3 Å². The molecule has 14 heavy (non-hydrogen) atoms. The van der Waals surface area contributed by atoms with Crippen LogP contribution in [-0.2, 0) is 0 Å². The predicted octanol–water partition coefficient (Wildman–Crippen LogP) is 1.66. The van der Waals surface area contributed by atoms with Crippen LogP contribution in [0.15, 0.2) is 0 Å². The van der Waals surface area contributed by atoms with Gasteiger partial charge in [-0.15, -0.1) is 0 Å². The SMILES string of the molecule is CC(C)CN(C)CCC1NCCC1F. The Labute approximate surface area is 86.9 Å². The summed E-state index contributed by atoms with van der Waals surface area (Å²) in [5.74, 6) is 0.692. The Morgan fingerprint density at radius 2 is 2.21 bits per heavy atom. The van der Waals surface area contributed by atoms with Crippen molar-refractivity contribution in [3.8, 4) is 0 Å². The number of nitrogens with zero attached hydrogens (tertiary/aromatic N) is 1. The molecular formula is C11H23FN2. The van der Waals surface area contributed by atoms with Gasteiger partial charge in [-0.25, -0.2) is 4.39 Å². The zero-order valence-corrected chi connectivity index (χ0v) is 9.59. The molecule has 0 amide bonds. The summed E-state index contributed by atoms with van der Waals surface area (Å²) in [4.78, 5) is 2.29. The maximum Gasteiger partial charge on any atom is 0.117 e. The average molecular weight is 202 g/mol. The van der Waals surface area contributed by atoms with Crippen molar-refractivity contribution in [2.24, 2.45) is 5.92 Å². The molecule has 2 atom stereocenters. The van der Waals surface area contributed by atoms with Crippen molar-refractivity contribution in [1.82, 2.24) is 10.2 Å². The summed E-state index contributed by atoms with van der Waals surface area (Å²) >= 11 is 0. The van der Waals surface area contributed by atoms with E-state index in [-0.39, 0.29) is 6.04 Å². The molecule has 1 fully saturated rings. The first-order chi connectivity index (χ1) is 6.59. The second-order valence-corrected chi connectivity index (χ2v) is 4.81. The molecule has 0 aliphatic carbocycles. The molecule has 3 heteroatoms. The molecule has 0 radical (unpaired) electrons. The molecule has 0 spiro atoms. The zero-order valence-electron chi connectivity index (χ0n) is 9.59. The molecule has 0 bridgehead atoms. The third-order valence-corrected chi connectivity index (χ3v) is 2.76. The monoisotopic (exact) mass is 202 g/mol. The quantitative estimate of drug-likeness (QED) is 0.729. The van der Waals surface area contributed by atoms with Gasteiger partial charge in [-0.3, -0.25) is 0 Å². The standard InChI is InChI=1S/C11H23FN2/c1-9(2)8-14(3)7-5-11-10(12)4-6-13-11/h9-11,13H,4-8H2,1-3H3. The van der Waals surface area contributed by atoms with E-state index in [2.05, 4.69) is 31.1 Å². The van der Waals surface area contributed by atoms with Crippen LogP contribution in [0, 0.1) is 5.92 Å². The molecular weight excluding hydrogens is 179 g/mol. The first kappa shape index (κ1) is 11.9. The molecule has 84 valence electrons. The van der Waals surface area contributed by atoms with Crippen LogP contribution in [0.5, 0.6) is 0 Å². The van der Waals surface area contributed by atoms with Crippen molar-refractivity contribution in [2.45, 2.75) is 38.9 Å². The Morgan fingerprint density at radius 1 is 1.50 bits per heavy atom. The van der Waals surface area contributed by atoms with Crippen LogP contribution >= 0.6 is 0 Å². The van der Waals surface area contributed by atoms with E-state index < -0.39 is 6.17 Å². The highest BCUT2D eigenvalue weighted by Gasteiger charge is 2.25. The molecule has 0 aromatic carbocycles. The number of nitrogens with one attached hydrogen (secondary N) is 1. The van der Waals surface area contributed by atoms with Crippen LogP contribution in [0.3, 0.4) is 0 Å². The van der Waals surface area contributed by atoms with Crippen LogP contribution in [0.1, 0.15) is 26.7 Å². The van der Waals surface area contributed by atoms with Gasteiger partial charge in [0.05, 0.1) is 0 Å². The van der Waals surface area contributed by atoms with E-state index in [4.69, 9.17) is 0 Å². The fraction of sp³-hybridized carbons (Fsp3) is 1.00. The zero-order chi connectivity index (χ0) is 10.6. The summed E-state index contributed by atoms with van der Waals surface area (Å²) in [5, 5.41) is 3.21. The van der Waals surface area contributed by atoms with E-state index in [1.54, 1.807) is 0 Å². The molecule has 1 saturated heterocycles. The van der Waals surface area contributed by atoms with Gasteiger partial charge >= 0.3 is 0 Å². The van der Waals surface area contributed by atoms with Crippen molar-refractivity contribution in [2.75, 3.05) is 26.7 Å². The summed E-state index contributed by atoms with van der Waals surface area (Å²) in [7, 11) is 2.11. The van der Waals surface area contributed by atoms with Crippen molar-refractivity contribution in [3.05, 3.63) is 0 Å². The van der Waals surface area contributed by atoms with Gasteiger partial charge in [-0.2, -0.15) is 0 Å². The van der Waals surface area contributed by atoms with E-state index in [0.717, 1.165) is 26.1 Å². The number of halogens is 1. The van der Waals surface area contributed by atoms with Gasteiger partial charge in [0.1, 0.15) is 6.17 Å². The molecule has 2 nitrogen and oxygen atoms in total. The van der Waals surface area contributed by atoms with Crippen molar-refractivity contribution in [1.29, 1.82) is 0 Å². The van der Waals surface area contributed by atoms with Crippen LogP contribution in [-0.4, -0.2) is 43.8 Å². The largest absolute Gasteiger partial charge is 0.311 e. The van der Waals surface area contributed by atoms with Gasteiger partial charge in [-0.1, -0.05) is 13.8 Å². The summed E-state index contributed by atoms with van der Waals surface area (Å²) in [5.41, 5.74) is 0. The highest BCUT2D eigenvalue weighted by molar-refractivity contribution is 4.84. The Kier molecular flexibility index (Phi) is 4.82. The minimum atomic E-state index is -0.623. The number of rotatable bonds is 5. The molecule has 1 aliphatic heterocycles. The summed E-state index contributed by atoms with van der Waals surface area (Å²) in [6.45, 7) is 7.37.